The Labute approximate surface area is 144 Å². The lowest BCUT2D eigenvalue weighted by molar-refractivity contribution is 1.10. The van der Waals surface area contributed by atoms with Gasteiger partial charge in [-0.1, -0.05) is 98.3 Å². The molecule has 0 aliphatic rings. The van der Waals surface area contributed by atoms with E-state index in [0.29, 0.717) is 0 Å². The SMILES string of the molecule is CCCP(c1cccc2ccccc12)c1cccc2ccccc12. The maximum atomic E-state index is 2.34. The van der Waals surface area contributed by atoms with Crippen molar-refractivity contribution in [1.29, 1.82) is 0 Å². The molecule has 0 bridgehead atoms. The Kier molecular flexibility index (Phi) is 4.32. The van der Waals surface area contributed by atoms with Crippen LogP contribution in [-0.2, 0) is 0 Å². The van der Waals surface area contributed by atoms with Gasteiger partial charge in [0.2, 0.25) is 0 Å². The summed E-state index contributed by atoms with van der Waals surface area (Å²) >= 11 is 0. The summed E-state index contributed by atoms with van der Waals surface area (Å²) in [7, 11) is -0.351. The molecule has 0 radical (unpaired) electrons. The highest BCUT2D eigenvalue weighted by atomic mass is 31.1. The molecule has 118 valence electrons. The smallest absolute Gasteiger partial charge is 0.0104 e. The third-order valence-electron chi connectivity index (χ3n) is 4.56. The van der Waals surface area contributed by atoms with Gasteiger partial charge in [-0.15, -0.1) is 0 Å². The second-order valence-corrected chi connectivity index (χ2v) is 8.42. The summed E-state index contributed by atoms with van der Waals surface area (Å²) in [4.78, 5) is 0. The van der Waals surface area contributed by atoms with Crippen molar-refractivity contribution in [3.8, 4) is 0 Å². The van der Waals surface area contributed by atoms with Crippen LogP contribution in [0.2, 0.25) is 0 Å². The summed E-state index contributed by atoms with van der Waals surface area (Å²) in [6, 6.07) is 31.1. The Morgan fingerprint density at radius 2 is 1.04 bits per heavy atom. The molecular weight excluding hydrogens is 307 g/mol. The Bertz CT molecular complexity index is 897. The molecule has 24 heavy (non-hydrogen) atoms. The molecule has 0 aromatic heterocycles. The van der Waals surface area contributed by atoms with E-state index >= 15 is 0 Å². The molecule has 0 heterocycles. The first kappa shape index (κ1) is 15.4. The van der Waals surface area contributed by atoms with E-state index in [1.165, 1.54) is 44.7 Å². The van der Waals surface area contributed by atoms with Crippen LogP contribution in [0, 0.1) is 0 Å². The van der Waals surface area contributed by atoms with Crippen molar-refractivity contribution >= 4 is 40.1 Å². The maximum absolute atomic E-state index is 2.34. The molecule has 4 aromatic carbocycles. The van der Waals surface area contributed by atoms with Crippen LogP contribution in [0.25, 0.3) is 21.5 Å². The van der Waals surface area contributed by atoms with Crippen LogP contribution in [0.15, 0.2) is 84.9 Å². The lowest BCUT2D eigenvalue weighted by Gasteiger charge is -2.21. The molecule has 4 aromatic rings. The van der Waals surface area contributed by atoms with Crippen LogP contribution < -0.4 is 10.6 Å². The van der Waals surface area contributed by atoms with Crippen LogP contribution in [0.4, 0.5) is 0 Å². The molecule has 4 rings (SSSR count). The lowest BCUT2D eigenvalue weighted by atomic mass is 10.1. The van der Waals surface area contributed by atoms with Gasteiger partial charge in [0.25, 0.3) is 0 Å². The summed E-state index contributed by atoms with van der Waals surface area (Å²) in [5.41, 5.74) is 0. The van der Waals surface area contributed by atoms with Crippen molar-refractivity contribution in [2.75, 3.05) is 6.16 Å². The highest BCUT2D eigenvalue weighted by molar-refractivity contribution is 7.73. The second-order valence-electron chi connectivity index (χ2n) is 6.15. The molecule has 0 amide bonds. The van der Waals surface area contributed by atoms with Gasteiger partial charge in [-0.3, -0.25) is 0 Å². The fourth-order valence-corrected chi connectivity index (χ4v) is 6.19. The number of hydrogen-bond donors (Lipinski definition) is 0. The van der Waals surface area contributed by atoms with Gasteiger partial charge < -0.3 is 0 Å². The third-order valence-corrected chi connectivity index (χ3v) is 7.40. The molecule has 0 aliphatic heterocycles. The van der Waals surface area contributed by atoms with Gasteiger partial charge in [-0.05, 0) is 46.2 Å². The Morgan fingerprint density at radius 1 is 0.583 bits per heavy atom. The summed E-state index contributed by atoms with van der Waals surface area (Å²) in [6.45, 7) is 2.30. The van der Waals surface area contributed by atoms with Crippen molar-refractivity contribution in [1.82, 2.24) is 0 Å². The summed E-state index contributed by atoms with van der Waals surface area (Å²) in [5.74, 6) is 0. The number of benzene rings is 4. The Hall–Kier alpha value is -2.17. The molecule has 0 atom stereocenters. The molecule has 0 spiro atoms. The minimum Gasteiger partial charge on any atom is -0.0650 e. The molecule has 0 saturated heterocycles. The first-order chi connectivity index (χ1) is 11.9. The highest BCUT2D eigenvalue weighted by Crippen LogP contribution is 2.39. The molecule has 0 N–H and O–H groups in total. The van der Waals surface area contributed by atoms with Crippen LogP contribution in [-0.4, -0.2) is 6.16 Å². The van der Waals surface area contributed by atoms with Crippen molar-refractivity contribution in [2.24, 2.45) is 0 Å². The van der Waals surface area contributed by atoms with Gasteiger partial charge in [0.15, 0.2) is 0 Å². The molecule has 0 fully saturated rings. The molecule has 0 aliphatic carbocycles. The first-order valence-electron chi connectivity index (χ1n) is 8.61. The minimum absolute atomic E-state index is 0.351. The molecule has 0 saturated carbocycles. The highest BCUT2D eigenvalue weighted by Gasteiger charge is 2.17. The molecular formula is C23H21P. The van der Waals surface area contributed by atoms with Gasteiger partial charge in [-0.2, -0.15) is 0 Å². The molecule has 0 nitrogen and oxygen atoms in total. The fourth-order valence-electron chi connectivity index (χ4n) is 3.48. The monoisotopic (exact) mass is 328 g/mol. The van der Waals surface area contributed by atoms with E-state index < -0.39 is 0 Å². The van der Waals surface area contributed by atoms with Crippen molar-refractivity contribution in [2.45, 2.75) is 13.3 Å². The predicted molar refractivity (Wildman–Crippen MR) is 109 cm³/mol. The topological polar surface area (TPSA) is 0 Å². The second kappa shape index (κ2) is 6.75. The lowest BCUT2D eigenvalue weighted by Crippen LogP contribution is -2.15. The normalized spacial score (nSPS) is 11.4. The minimum atomic E-state index is -0.351. The average Bonchev–Trinajstić information content (AvgIpc) is 2.65. The number of hydrogen-bond acceptors (Lipinski definition) is 0. The summed E-state index contributed by atoms with van der Waals surface area (Å²) in [6.07, 6.45) is 2.44. The third kappa shape index (κ3) is 2.72. The summed E-state index contributed by atoms with van der Waals surface area (Å²) in [5, 5.41) is 8.54. The van der Waals surface area contributed by atoms with Gasteiger partial charge in [0.05, 0.1) is 0 Å². The van der Waals surface area contributed by atoms with Crippen molar-refractivity contribution < 1.29 is 0 Å². The molecule has 1 heteroatoms. The van der Waals surface area contributed by atoms with Gasteiger partial charge in [0.1, 0.15) is 0 Å². The van der Waals surface area contributed by atoms with Crippen molar-refractivity contribution in [3.63, 3.8) is 0 Å². The quantitative estimate of drug-likeness (QED) is 0.413. The summed E-state index contributed by atoms with van der Waals surface area (Å²) < 4.78 is 0. The zero-order valence-electron chi connectivity index (χ0n) is 13.9. The van der Waals surface area contributed by atoms with E-state index in [1.54, 1.807) is 0 Å². The Morgan fingerprint density at radius 3 is 1.54 bits per heavy atom. The van der Waals surface area contributed by atoms with E-state index in [4.69, 9.17) is 0 Å². The number of rotatable bonds is 4. The zero-order chi connectivity index (χ0) is 16.4. The van der Waals surface area contributed by atoms with E-state index in [-0.39, 0.29) is 7.92 Å². The van der Waals surface area contributed by atoms with Crippen LogP contribution in [0.3, 0.4) is 0 Å². The maximum Gasteiger partial charge on any atom is -0.0104 e. The van der Waals surface area contributed by atoms with Crippen LogP contribution in [0.5, 0.6) is 0 Å². The van der Waals surface area contributed by atoms with E-state index in [0.717, 1.165) is 0 Å². The van der Waals surface area contributed by atoms with Gasteiger partial charge in [-0.25, -0.2) is 0 Å². The van der Waals surface area contributed by atoms with Gasteiger partial charge in [0, 0.05) is 0 Å². The average molecular weight is 328 g/mol. The van der Waals surface area contributed by atoms with Crippen molar-refractivity contribution in [3.05, 3.63) is 84.9 Å². The first-order valence-corrected chi connectivity index (χ1v) is 10.1. The standard InChI is InChI=1S/C23H21P/c1-2-17-24(22-15-7-11-18-9-3-5-13-20(18)22)23-16-8-12-19-10-4-6-14-21(19)23/h3-16H,2,17H2,1H3. The fraction of sp³-hybridized carbons (Fsp3) is 0.130. The Balaban J connectivity index is 1.96. The van der Waals surface area contributed by atoms with Gasteiger partial charge >= 0.3 is 0 Å². The molecule has 0 unspecified atom stereocenters. The number of fused-ring (bicyclic) bond motifs is 2. The van der Waals surface area contributed by atoms with E-state index in [2.05, 4.69) is 91.9 Å². The van der Waals surface area contributed by atoms with Crippen LogP contribution in [0.1, 0.15) is 13.3 Å². The van der Waals surface area contributed by atoms with E-state index in [1.807, 2.05) is 0 Å². The van der Waals surface area contributed by atoms with Crippen LogP contribution >= 0.6 is 7.92 Å². The van der Waals surface area contributed by atoms with E-state index in [9.17, 15) is 0 Å². The zero-order valence-corrected chi connectivity index (χ0v) is 14.8. The predicted octanol–water partition coefficient (Wildman–Crippen LogP) is 5.84. The largest absolute Gasteiger partial charge is 0.0650 e.